The van der Waals surface area contributed by atoms with Gasteiger partial charge in [0.2, 0.25) is 5.60 Å². The molecule has 0 bridgehead atoms. The molecule has 1 aliphatic heterocycles. The minimum absolute atomic E-state index is 0.126. The van der Waals surface area contributed by atoms with Crippen LogP contribution in [0.5, 0.6) is 0 Å². The Bertz CT molecular complexity index is 824. The smallest absolute Gasteiger partial charge is 0.341 e. The number of carboxylic acid groups (broad SMARTS) is 1. The number of aliphatic hydroxyl groups is 1. The van der Waals surface area contributed by atoms with E-state index in [-0.39, 0.29) is 13.2 Å². The van der Waals surface area contributed by atoms with Crippen LogP contribution in [0.2, 0.25) is 0 Å². The minimum Gasteiger partial charge on any atom is -0.479 e. The summed E-state index contributed by atoms with van der Waals surface area (Å²) in [7, 11) is 0. The van der Waals surface area contributed by atoms with Crippen molar-refractivity contribution in [2.24, 2.45) is 0 Å². The molecule has 0 aliphatic carbocycles. The van der Waals surface area contributed by atoms with Crippen LogP contribution in [-0.2, 0) is 37.0 Å². The molecule has 0 aromatic heterocycles. The Kier molecular flexibility index (Phi) is 7.80. The summed E-state index contributed by atoms with van der Waals surface area (Å²) in [6.07, 6.45) is -1.46. The van der Waals surface area contributed by atoms with Gasteiger partial charge in [0.05, 0.1) is 32.5 Å². The van der Waals surface area contributed by atoms with Crippen LogP contribution in [0.3, 0.4) is 0 Å². The molecule has 2 aromatic carbocycles. The van der Waals surface area contributed by atoms with Crippen molar-refractivity contribution in [1.82, 2.24) is 0 Å². The highest BCUT2D eigenvalue weighted by Gasteiger charge is 2.52. The largest absolute Gasteiger partial charge is 0.479 e. The van der Waals surface area contributed by atoms with E-state index < -0.39 is 36.2 Å². The van der Waals surface area contributed by atoms with Gasteiger partial charge in [-0.25, -0.2) is 4.79 Å². The molecule has 31 heavy (non-hydrogen) atoms. The molecule has 0 spiro atoms. The van der Waals surface area contributed by atoms with Crippen LogP contribution < -0.4 is 0 Å². The van der Waals surface area contributed by atoms with Crippen molar-refractivity contribution in [3.05, 3.63) is 71.8 Å². The zero-order chi connectivity index (χ0) is 22.3. The van der Waals surface area contributed by atoms with E-state index >= 15 is 0 Å². The highest BCUT2D eigenvalue weighted by Crippen LogP contribution is 2.31. The van der Waals surface area contributed by atoms with Crippen LogP contribution in [0.1, 0.15) is 31.4 Å². The van der Waals surface area contributed by atoms with Crippen LogP contribution in [0.15, 0.2) is 60.7 Å². The van der Waals surface area contributed by atoms with Crippen LogP contribution >= 0.6 is 0 Å². The molecule has 0 saturated carbocycles. The fourth-order valence-corrected chi connectivity index (χ4v) is 3.57. The number of benzene rings is 2. The molecule has 3 rings (SSSR count). The molecule has 0 radical (unpaired) electrons. The molecule has 168 valence electrons. The summed E-state index contributed by atoms with van der Waals surface area (Å²) in [5.41, 5.74) is -0.570. The normalized spacial score (nSPS) is 21.2. The summed E-state index contributed by atoms with van der Waals surface area (Å²) >= 11 is 0. The molecular formula is C24H30O7. The van der Waals surface area contributed by atoms with E-state index in [4.69, 9.17) is 18.9 Å². The molecule has 2 aromatic rings. The SMILES string of the molecule is CC1(C)OCCC(C(OCc2ccccc2)[C@](O)(COCc2ccccc2)C(=O)O)O1. The van der Waals surface area contributed by atoms with Crippen LogP contribution in [-0.4, -0.2) is 53.0 Å². The maximum Gasteiger partial charge on any atom is 0.341 e. The van der Waals surface area contributed by atoms with E-state index in [9.17, 15) is 15.0 Å². The average Bonchev–Trinajstić information content (AvgIpc) is 2.74. The number of hydrogen-bond donors (Lipinski definition) is 2. The Morgan fingerprint density at radius 1 is 1.10 bits per heavy atom. The molecule has 1 fully saturated rings. The molecule has 7 heteroatoms. The van der Waals surface area contributed by atoms with Crippen molar-refractivity contribution >= 4 is 5.97 Å². The second kappa shape index (κ2) is 10.3. The summed E-state index contributed by atoms with van der Waals surface area (Å²) in [6, 6.07) is 18.7. The Morgan fingerprint density at radius 3 is 2.23 bits per heavy atom. The first kappa shape index (κ1) is 23.4. The van der Waals surface area contributed by atoms with E-state index in [2.05, 4.69) is 0 Å². The zero-order valence-electron chi connectivity index (χ0n) is 17.9. The minimum atomic E-state index is -2.30. The van der Waals surface area contributed by atoms with E-state index in [1.54, 1.807) is 13.8 Å². The number of rotatable bonds is 10. The summed E-state index contributed by atoms with van der Waals surface area (Å²) in [5.74, 6) is -2.34. The predicted molar refractivity (Wildman–Crippen MR) is 113 cm³/mol. The lowest BCUT2D eigenvalue weighted by Gasteiger charge is -2.43. The first-order chi connectivity index (χ1) is 14.8. The van der Waals surface area contributed by atoms with Crippen LogP contribution in [0, 0.1) is 0 Å². The third kappa shape index (κ3) is 6.35. The average molecular weight is 430 g/mol. The van der Waals surface area contributed by atoms with Crippen LogP contribution in [0.25, 0.3) is 0 Å². The Labute approximate surface area is 182 Å². The van der Waals surface area contributed by atoms with Gasteiger partial charge in [0.15, 0.2) is 5.79 Å². The van der Waals surface area contributed by atoms with E-state index in [0.29, 0.717) is 13.0 Å². The van der Waals surface area contributed by atoms with Crippen molar-refractivity contribution in [2.45, 2.75) is 57.1 Å². The van der Waals surface area contributed by atoms with Crippen molar-refractivity contribution in [2.75, 3.05) is 13.2 Å². The number of ether oxygens (including phenoxy) is 4. The third-order valence-corrected chi connectivity index (χ3v) is 5.17. The zero-order valence-corrected chi connectivity index (χ0v) is 17.9. The van der Waals surface area contributed by atoms with Crippen LogP contribution in [0.4, 0.5) is 0 Å². The summed E-state index contributed by atoms with van der Waals surface area (Å²) in [6.45, 7) is 3.71. The summed E-state index contributed by atoms with van der Waals surface area (Å²) in [4.78, 5) is 12.2. The van der Waals surface area contributed by atoms with Gasteiger partial charge in [0, 0.05) is 0 Å². The standard InChI is InChI=1S/C24H30O7/c1-23(2)30-14-13-20(31-23)21(29-16-19-11-7-4-8-12-19)24(27,22(25)26)17-28-15-18-9-5-3-6-10-18/h3-12,20-21,27H,13-17H2,1-2H3,(H,25,26)/t20?,21?,24-/m1/s1. The second-order valence-corrected chi connectivity index (χ2v) is 8.12. The molecule has 2 unspecified atom stereocenters. The molecule has 1 aliphatic rings. The Balaban J connectivity index is 1.79. The van der Waals surface area contributed by atoms with E-state index in [1.807, 2.05) is 60.7 Å². The fraction of sp³-hybridized carbons (Fsp3) is 0.458. The molecule has 7 nitrogen and oxygen atoms in total. The molecule has 2 N–H and O–H groups in total. The Morgan fingerprint density at radius 2 is 1.68 bits per heavy atom. The van der Waals surface area contributed by atoms with Gasteiger partial charge < -0.3 is 29.2 Å². The number of carbonyl (C=O) groups is 1. The number of hydrogen-bond acceptors (Lipinski definition) is 6. The van der Waals surface area contributed by atoms with Crippen molar-refractivity contribution in [3.63, 3.8) is 0 Å². The van der Waals surface area contributed by atoms with Gasteiger partial charge in [-0.15, -0.1) is 0 Å². The molecular weight excluding hydrogens is 400 g/mol. The maximum atomic E-state index is 12.2. The highest BCUT2D eigenvalue weighted by atomic mass is 16.7. The lowest BCUT2D eigenvalue weighted by molar-refractivity contribution is -0.308. The van der Waals surface area contributed by atoms with Crippen molar-refractivity contribution in [1.29, 1.82) is 0 Å². The third-order valence-electron chi connectivity index (χ3n) is 5.17. The second-order valence-electron chi connectivity index (χ2n) is 8.12. The fourth-order valence-electron chi connectivity index (χ4n) is 3.57. The van der Waals surface area contributed by atoms with Gasteiger partial charge in [-0.2, -0.15) is 0 Å². The maximum absolute atomic E-state index is 12.2. The lowest BCUT2D eigenvalue weighted by Crippen LogP contribution is -2.61. The van der Waals surface area contributed by atoms with E-state index in [0.717, 1.165) is 11.1 Å². The van der Waals surface area contributed by atoms with Gasteiger partial charge in [-0.3, -0.25) is 0 Å². The quantitative estimate of drug-likeness (QED) is 0.598. The van der Waals surface area contributed by atoms with Crippen molar-refractivity contribution < 1.29 is 34.0 Å². The van der Waals surface area contributed by atoms with Crippen molar-refractivity contribution in [3.8, 4) is 0 Å². The molecule has 3 atom stereocenters. The summed E-state index contributed by atoms with van der Waals surface area (Å²) < 4.78 is 23.2. The molecule has 1 heterocycles. The van der Waals surface area contributed by atoms with Gasteiger partial charge in [0.1, 0.15) is 6.10 Å². The first-order valence-corrected chi connectivity index (χ1v) is 10.3. The predicted octanol–water partition coefficient (Wildman–Crippen LogP) is 3.15. The van der Waals surface area contributed by atoms with Gasteiger partial charge in [-0.1, -0.05) is 60.7 Å². The van der Waals surface area contributed by atoms with Gasteiger partial charge in [-0.05, 0) is 31.4 Å². The van der Waals surface area contributed by atoms with Gasteiger partial charge in [0.25, 0.3) is 0 Å². The highest BCUT2D eigenvalue weighted by molar-refractivity contribution is 5.78. The monoisotopic (exact) mass is 430 g/mol. The number of aliphatic carboxylic acids is 1. The summed E-state index contributed by atoms with van der Waals surface area (Å²) in [5, 5.41) is 21.2. The lowest BCUT2D eigenvalue weighted by atomic mass is 9.90. The van der Waals surface area contributed by atoms with Gasteiger partial charge >= 0.3 is 5.97 Å². The Hall–Kier alpha value is -2.29. The molecule has 1 saturated heterocycles. The van der Waals surface area contributed by atoms with E-state index in [1.165, 1.54) is 0 Å². The topological polar surface area (TPSA) is 94.5 Å². The number of carboxylic acids is 1. The molecule has 0 amide bonds. The first-order valence-electron chi connectivity index (χ1n) is 10.3.